The summed E-state index contributed by atoms with van der Waals surface area (Å²) in [6.07, 6.45) is 5.66. The van der Waals surface area contributed by atoms with E-state index in [1.54, 1.807) is 11.3 Å². The largest absolute Gasteiger partial charge is 0.373 e. The van der Waals surface area contributed by atoms with Gasteiger partial charge in [-0.2, -0.15) is 5.26 Å². The molecule has 5 atom stereocenters. The molecule has 3 fully saturated rings. The molecule has 4 aromatic rings. The lowest BCUT2D eigenvalue weighted by molar-refractivity contribution is -0.00948. The Morgan fingerprint density at radius 3 is 2.68 bits per heavy atom. The van der Waals surface area contributed by atoms with E-state index in [0.29, 0.717) is 57.5 Å². The van der Waals surface area contributed by atoms with E-state index in [1.807, 2.05) is 36.4 Å². The average Bonchev–Trinajstić information content (AvgIpc) is 3.47. The van der Waals surface area contributed by atoms with Crippen molar-refractivity contribution in [2.24, 2.45) is 17.8 Å². The molecule has 0 amide bonds. The molecule has 38 heavy (non-hydrogen) atoms. The summed E-state index contributed by atoms with van der Waals surface area (Å²) in [5, 5.41) is 16.1. The summed E-state index contributed by atoms with van der Waals surface area (Å²) in [5.74, 6) is 3.51. The van der Waals surface area contributed by atoms with Crippen LogP contribution in [0.25, 0.3) is 21.5 Å². The minimum atomic E-state index is 0.183. The maximum atomic E-state index is 9.29. The monoisotopic (exact) mass is 563 g/mol. The lowest BCUT2D eigenvalue weighted by Crippen LogP contribution is -2.30. The Morgan fingerprint density at radius 1 is 1.13 bits per heavy atom. The van der Waals surface area contributed by atoms with Gasteiger partial charge in [0.25, 0.3) is 0 Å². The highest BCUT2D eigenvalue weighted by Crippen LogP contribution is 2.56. The predicted octanol–water partition coefficient (Wildman–Crippen LogP) is 8.74. The van der Waals surface area contributed by atoms with Gasteiger partial charge < -0.3 is 9.26 Å². The first-order valence-corrected chi connectivity index (χ1v) is 14.9. The van der Waals surface area contributed by atoms with E-state index in [4.69, 9.17) is 37.4 Å². The third-order valence-electron chi connectivity index (χ3n) is 8.72. The molecule has 2 heterocycles. The molecule has 2 aromatic carbocycles. The van der Waals surface area contributed by atoms with E-state index in [9.17, 15) is 5.26 Å². The van der Waals surface area contributed by atoms with E-state index < -0.39 is 0 Å². The fourth-order valence-corrected chi connectivity index (χ4v) is 8.64. The molecule has 0 radical (unpaired) electrons. The van der Waals surface area contributed by atoms with Gasteiger partial charge in [0.2, 0.25) is 0 Å². The number of aromatic nitrogens is 2. The van der Waals surface area contributed by atoms with Crippen LogP contribution in [-0.2, 0) is 11.3 Å². The Morgan fingerprint density at radius 2 is 1.95 bits per heavy atom. The molecule has 2 aromatic heterocycles. The lowest BCUT2D eigenvalue weighted by atomic mass is 9.76. The number of benzene rings is 2. The van der Waals surface area contributed by atoms with Crippen LogP contribution in [0.15, 0.2) is 40.9 Å². The zero-order valence-corrected chi connectivity index (χ0v) is 23.3. The Bertz CT molecular complexity index is 1550. The Hall–Kier alpha value is -2.43. The van der Waals surface area contributed by atoms with Crippen LogP contribution >= 0.6 is 34.5 Å². The number of thiazole rings is 1. The number of nitriles is 1. The maximum Gasteiger partial charge on any atom is 0.145 e. The number of hydrogen-bond donors (Lipinski definition) is 0. The first kappa shape index (κ1) is 24.6. The third kappa shape index (κ3) is 4.25. The number of rotatable bonds is 6. The van der Waals surface area contributed by atoms with Crippen LogP contribution in [0, 0.1) is 29.1 Å². The molecule has 0 spiro atoms. The van der Waals surface area contributed by atoms with Crippen molar-refractivity contribution < 1.29 is 9.26 Å². The number of nitrogens with zero attached hydrogens (tertiary/aromatic N) is 3. The van der Waals surface area contributed by atoms with E-state index in [-0.39, 0.29) is 6.10 Å². The summed E-state index contributed by atoms with van der Waals surface area (Å²) in [5.41, 5.74) is 4.11. The Labute approximate surface area is 235 Å². The van der Waals surface area contributed by atoms with Crippen LogP contribution in [0.2, 0.25) is 10.0 Å². The number of hydrogen-bond acceptors (Lipinski definition) is 6. The molecule has 5 nitrogen and oxygen atoms in total. The van der Waals surface area contributed by atoms with Crippen LogP contribution in [0.4, 0.5) is 0 Å². The second-order valence-electron chi connectivity index (χ2n) is 11.2. The van der Waals surface area contributed by atoms with E-state index in [1.165, 1.54) is 11.4 Å². The molecular weight excluding hydrogens is 537 g/mol. The molecule has 194 valence electrons. The summed E-state index contributed by atoms with van der Waals surface area (Å²) in [7, 11) is 0. The van der Waals surface area contributed by atoms with Crippen LogP contribution in [0.1, 0.15) is 72.8 Å². The highest BCUT2D eigenvalue weighted by atomic mass is 35.5. The van der Waals surface area contributed by atoms with E-state index in [2.05, 4.69) is 18.1 Å². The zero-order valence-electron chi connectivity index (χ0n) is 21.0. The van der Waals surface area contributed by atoms with Gasteiger partial charge in [0, 0.05) is 23.0 Å². The SMILES string of the molecule is CC1CC2CC(OCc3c(-c4c(Cl)cccc4Cl)noc3C3CC3)CC1C2c1nc2ccc(C#N)cc2s1. The standard InChI is InChI=1S/C30H27Cl2N3O2S/c1-15-9-18-11-19(12-20(15)26(18)30-34-24-8-5-16(13-33)10-25(24)38-30)36-14-21-28(35-37-29(21)17-6-7-17)27-22(31)3-2-4-23(27)32/h2-5,8,10,15,17-20,26H,6-7,9,11-12,14H2,1H3. The van der Waals surface area contributed by atoms with Gasteiger partial charge in [-0.25, -0.2) is 4.98 Å². The molecular formula is C30H27Cl2N3O2S. The third-order valence-corrected chi connectivity index (χ3v) is 10.5. The van der Waals surface area contributed by atoms with Crippen molar-refractivity contribution in [3.63, 3.8) is 0 Å². The smallest absolute Gasteiger partial charge is 0.145 e. The number of fused-ring (bicyclic) bond motifs is 3. The fourth-order valence-electron chi connectivity index (χ4n) is 6.79. The normalized spacial score (nSPS) is 26.6. The van der Waals surface area contributed by atoms with Crippen LogP contribution in [0.5, 0.6) is 0 Å². The fraction of sp³-hybridized carbons (Fsp3) is 0.433. The first-order valence-electron chi connectivity index (χ1n) is 13.3. The van der Waals surface area contributed by atoms with Gasteiger partial charge in [0.15, 0.2) is 0 Å². The first-order chi connectivity index (χ1) is 18.5. The van der Waals surface area contributed by atoms with E-state index in [0.717, 1.165) is 52.8 Å². The second kappa shape index (κ2) is 9.64. The molecule has 2 bridgehead atoms. The van der Waals surface area contributed by atoms with Crippen molar-refractivity contribution in [3.05, 3.63) is 68.3 Å². The Kier molecular flexibility index (Phi) is 6.24. The number of halogens is 2. The molecule has 0 N–H and O–H groups in total. The second-order valence-corrected chi connectivity index (χ2v) is 13.0. The summed E-state index contributed by atoms with van der Waals surface area (Å²) in [6, 6.07) is 13.6. The van der Waals surface area contributed by atoms with Crippen molar-refractivity contribution in [2.75, 3.05) is 0 Å². The topological polar surface area (TPSA) is 71.9 Å². The maximum absolute atomic E-state index is 9.29. The highest BCUT2D eigenvalue weighted by molar-refractivity contribution is 7.18. The molecule has 3 aliphatic carbocycles. The van der Waals surface area contributed by atoms with Crippen molar-refractivity contribution >= 4 is 44.8 Å². The zero-order chi connectivity index (χ0) is 26.0. The quantitative estimate of drug-likeness (QED) is 0.234. The van der Waals surface area contributed by atoms with Crippen molar-refractivity contribution in [1.82, 2.24) is 10.1 Å². The van der Waals surface area contributed by atoms with Gasteiger partial charge in [0.1, 0.15) is 11.5 Å². The van der Waals surface area contributed by atoms with Crippen LogP contribution < -0.4 is 0 Å². The van der Waals surface area contributed by atoms with Gasteiger partial charge in [-0.1, -0.05) is 41.3 Å². The molecule has 0 saturated heterocycles. The van der Waals surface area contributed by atoms with Crippen molar-refractivity contribution in [1.29, 1.82) is 5.26 Å². The number of ether oxygens (including phenoxy) is 1. The summed E-state index contributed by atoms with van der Waals surface area (Å²) < 4.78 is 13.6. The van der Waals surface area contributed by atoms with Crippen LogP contribution in [-0.4, -0.2) is 16.2 Å². The van der Waals surface area contributed by atoms with Gasteiger partial charge >= 0.3 is 0 Å². The Balaban J connectivity index is 1.12. The van der Waals surface area contributed by atoms with Crippen molar-refractivity contribution in [3.8, 4) is 17.3 Å². The van der Waals surface area contributed by atoms with Crippen molar-refractivity contribution in [2.45, 2.75) is 63.6 Å². The van der Waals surface area contributed by atoms with Gasteiger partial charge in [-0.05, 0) is 80.2 Å². The highest BCUT2D eigenvalue weighted by Gasteiger charge is 2.49. The average molecular weight is 565 g/mol. The summed E-state index contributed by atoms with van der Waals surface area (Å²) >= 11 is 14.9. The molecule has 3 saturated carbocycles. The van der Waals surface area contributed by atoms with Gasteiger partial charge in [-0.3, -0.25) is 0 Å². The van der Waals surface area contributed by atoms with Gasteiger partial charge in [-0.15, -0.1) is 11.3 Å². The summed E-state index contributed by atoms with van der Waals surface area (Å²) in [6.45, 7) is 2.83. The molecule has 3 aliphatic rings. The minimum Gasteiger partial charge on any atom is -0.373 e. The summed E-state index contributed by atoms with van der Waals surface area (Å²) in [4.78, 5) is 5.02. The minimum absolute atomic E-state index is 0.183. The lowest BCUT2D eigenvalue weighted by Gasteiger charge is -2.35. The predicted molar refractivity (Wildman–Crippen MR) is 150 cm³/mol. The molecule has 0 aliphatic heterocycles. The van der Waals surface area contributed by atoms with Gasteiger partial charge in [0.05, 0.1) is 49.6 Å². The molecule has 5 unspecified atom stereocenters. The molecule has 7 rings (SSSR count). The molecule has 8 heteroatoms. The van der Waals surface area contributed by atoms with E-state index >= 15 is 0 Å². The van der Waals surface area contributed by atoms with Crippen LogP contribution in [0.3, 0.4) is 0 Å².